The molecule has 4 nitrogen and oxygen atoms in total. The predicted octanol–water partition coefficient (Wildman–Crippen LogP) is 2.85. The van der Waals surface area contributed by atoms with Crippen molar-refractivity contribution in [3.8, 4) is 0 Å². The zero-order valence-electron chi connectivity index (χ0n) is 12.2. The van der Waals surface area contributed by atoms with Gasteiger partial charge in [0, 0.05) is 11.6 Å². The second-order valence-corrected chi connectivity index (χ2v) is 5.40. The molecule has 0 saturated carbocycles. The summed E-state index contributed by atoms with van der Waals surface area (Å²) in [5.41, 5.74) is 7.34. The number of carbonyl (C=O) groups excluding carboxylic acids is 1. The van der Waals surface area contributed by atoms with Crippen molar-refractivity contribution < 1.29 is 9.53 Å². The minimum Gasteiger partial charge on any atom is -0.370 e. The third kappa shape index (κ3) is 5.85. The third-order valence-corrected chi connectivity index (χ3v) is 3.34. The number of halogens is 1. The van der Waals surface area contributed by atoms with Crippen molar-refractivity contribution in [3.05, 3.63) is 70.7 Å². The normalized spacial score (nSPS) is 12.0. The minimum atomic E-state index is -0.434. The van der Waals surface area contributed by atoms with Crippen LogP contribution in [0.1, 0.15) is 17.5 Å². The van der Waals surface area contributed by atoms with Crippen LogP contribution in [0.2, 0.25) is 5.02 Å². The number of hydrogen-bond acceptors (Lipinski definition) is 3. The summed E-state index contributed by atoms with van der Waals surface area (Å²) >= 11 is 5.94. The van der Waals surface area contributed by atoms with Gasteiger partial charge in [-0.05, 0) is 23.3 Å². The summed E-state index contributed by atoms with van der Waals surface area (Å²) in [7, 11) is 0. The van der Waals surface area contributed by atoms with Gasteiger partial charge in [-0.2, -0.15) is 0 Å². The monoisotopic (exact) mass is 318 g/mol. The predicted molar refractivity (Wildman–Crippen MR) is 87.1 cm³/mol. The van der Waals surface area contributed by atoms with Gasteiger partial charge in [-0.25, -0.2) is 0 Å². The molecule has 5 heteroatoms. The van der Waals surface area contributed by atoms with Crippen LogP contribution in [-0.2, 0) is 22.7 Å². The van der Waals surface area contributed by atoms with Crippen LogP contribution in [0.15, 0.2) is 54.6 Å². The van der Waals surface area contributed by atoms with Crippen molar-refractivity contribution in [2.24, 2.45) is 5.73 Å². The lowest BCUT2D eigenvalue weighted by molar-refractivity contribution is -0.121. The van der Waals surface area contributed by atoms with Gasteiger partial charge in [0.25, 0.3) is 0 Å². The molecule has 0 aliphatic heterocycles. The van der Waals surface area contributed by atoms with Crippen LogP contribution in [0.25, 0.3) is 0 Å². The molecular formula is C17H19ClN2O2. The molecule has 0 saturated heterocycles. The van der Waals surface area contributed by atoms with Gasteiger partial charge in [0.05, 0.1) is 13.0 Å². The number of nitrogens with two attached hydrogens (primary N) is 1. The van der Waals surface area contributed by atoms with E-state index >= 15 is 0 Å². The molecule has 0 radical (unpaired) electrons. The van der Waals surface area contributed by atoms with Crippen molar-refractivity contribution in [3.63, 3.8) is 0 Å². The summed E-state index contributed by atoms with van der Waals surface area (Å²) in [6, 6.07) is 17.3. The summed E-state index contributed by atoms with van der Waals surface area (Å²) < 4.78 is 5.75. The van der Waals surface area contributed by atoms with E-state index in [2.05, 4.69) is 5.32 Å². The van der Waals surface area contributed by atoms with Crippen LogP contribution in [-0.4, -0.2) is 12.1 Å². The van der Waals surface area contributed by atoms with Gasteiger partial charge < -0.3 is 10.5 Å². The first-order chi connectivity index (χ1) is 10.6. The van der Waals surface area contributed by atoms with E-state index in [1.807, 2.05) is 48.5 Å². The Morgan fingerprint density at radius 3 is 2.55 bits per heavy atom. The van der Waals surface area contributed by atoms with E-state index in [1.165, 1.54) is 0 Å². The van der Waals surface area contributed by atoms with Gasteiger partial charge in [-0.1, -0.05) is 54.1 Å². The first kappa shape index (κ1) is 16.5. The third-order valence-electron chi connectivity index (χ3n) is 3.10. The lowest BCUT2D eigenvalue weighted by Gasteiger charge is -2.18. The number of ether oxygens (including phenoxy) is 1. The molecule has 0 bridgehead atoms. The van der Waals surface area contributed by atoms with Crippen LogP contribution in [0, 0.1) is 0 Å². The van der Waals surface area contributed by atoms with E-state index in [-0.39, 0.29) is 6.42 Å². The van der Waals surface area contributed by atoms with E-state index in [4.69, 9.17) is 22.1 Å². The zero-order chi connectivity index (χ0) is 15.8. The number of primary amides is 1. The molecule has 0 spiro atoms. The Hall–Kier alpha value is -1.88. The van der Waals surface area contributed by atoms with Crippen molar-refractivity contribution in [2.45, 2.75) is 25.8 Å². The second kappa shape index (κ2) is 8.54. The fourth-order valence-corrected chi connectivity index (χ4v) is 2.24. The van der Waals surface area contributed by atoms with Gasteiger partial charge >= 0.3 is 0 Å². The largest absolute Gasteiger partial charge is 0.370 e. The average Bonchev–Trinajstić information content (AvgIpc) is 2.51. The quantitative estimate of drug-likeness (QED) is 0.736. The molecular weight excluding hydrogens is 300 g/mol. The smallest absolute Gasteiger partial charge is 0.221 e. The highest BCUT2D eigenvalue weighted by molar-refractivity contribution is 6.30. The van der Waals surface area contributed by atoms with E-state index < -0.39 is 12.1 Å². The number of nitrogens with one attached hydrogen (secondary N) is 1. The molecule has 1 amide bonds. The average molecular weight is 319 g/mol. The number of hydrogen-bond donors (Lipinski definition) is 2. The maximum Gasteiger partial charge on any atom is 0.221 e. The van der Waals surface area contributed by atoms with E-state index in [0.717, 1.165) is 11.1 Å². The zero-order valence-corrected chi connectivity index (χ0v) is 12.9. The van der Waals surface area contributed by atoms with Crippen molar-refractivity contribution in [1.29, 1.82) is 0 Å². The second-order valence-electron chi connectivity index (χ2n) is 4.97. The topological polar surface area (TPSA) is 64.4 Å². The Morgan fingerprint density at radius 2 is 1.86 bits per heavy atom. The SMILES string of the molecule is NC(=O)CC(NCc1ccccc1)OCc1cccc(Cl)c1. The number of rotatable bonds is 8. The summed E-state index contributed by atoms with van der Waals surface area (Å²) in [6.07, 6.45) is -0.315. The maximum atomic E-state index is 11.2. The Bertz CT molecular complexity index is 605. The highest BCUT2D eigenvalue weighted by Gasteiger charge is 2.12. The summed E-state index contributed by atoms with van der Waals surface area (Å²) in [5, 5.41) is 3.85. The Morgan fingerprint density at radius 1 is 1.14 bits per heavy atom. The first-order valence-electron chi connectivity index (χ1n) is 7.05. The highest BCUT2D eigenvalue weighted by atomic mass is 35.5. The number of amides is 1. The molecule has 0 aromatic heterocycles. The van der Waals surface area contributed by atoms with Crippen molar-refractivity contribution >= 4 is 17.5 Å². The molecule has 0 fully saturated rings. The fourth-order valence-electron chi connectivity index (χ4n) is 2.02. The number of carbonyl (C=O) groups is 1. The lowest BCUT2D eigenvalue weighted by Crippen LogP contribution is -2.35. The molecule has 2 aromatic carbocycles. The van der Waals surface area contributed by atoms with Gasteiger partial charge in [0.15, 0.2) is 0 Å². The standard InChI is InChI=1S/C17H19ClN2O2/c18-15-8-4-7-14(9-15)12-22-17(10-16(19)21)20-11-13-5-2-1-3-6-13/h1-9,17,20H,10-12H2,(H2,19,21). The maximum absolute atomic E-state index is 11.2. The van der Waals surface area contributed by atoms with E-state index in [0.29, 0.717) is 18.2 Å². The summed E-state index contributed by atoms with van der Waals surface area (Å²) in [6.45, 7) is 0.967. The van der Waals surface area contributed by atoms with Crippen molar-refractivity contribution in [2.75, 3.05) is 0 Å². The van der Waals surface area contributed by atoms with E-state index in [9.17, 15) is 4.79 Å². The molecule has 0 aliphatic rings. The van der Waals surface area contributed by atoms with Crippen LogP contribution in [0.5, 0.6) is 0 Å². The van der Waals surface area contributed by atoms with Gasteiger partial charge in [0.2, 0.25) is 5.91 Å². The van der Waals surface area contributed by atoms with Crippen LogP contribution in [0.3, 0.4) is 0 Å². The highest BCUT2D eigenvalue weighted by Crippen LogP contribution is 2.12. The summed E-state index contributed by atoms with van der Waals surface area (Å²) in [5.74, 6) is -0.406. The van der Waals surface area contributed by atoms with Crippen LogP contribution < -0.4 is 11.1 Å². The molecule has 116 valence electrons. The molecule has 0 aliphatic carbocycles. The molecule has 1 atom stereocenters. The molecule has 0 heterocycles. The molecule has 2 aromatic rings. The first-order valence-corrected chi connectivity index (χ1v) is 7.43. The van der Waals surface area contributed by atoms with Gasteiger partial charge in [-0.3, -0.25) is 10.1 Å². The van der Waals surface area contributed by atoms with Crippen LogP contribution >= 0.6 is 11.6 Å². The Labute approximate surface area is 135 Å². The molecule has 1 unspecified atom stereocenters. The minimum absolute atomic E-state index is 0.118. The van der Waals surface area contributed by atoms with Gasteiger partial charge in [0.1, 0.15) is 6.23 Å². The number of benzene rings is 2. The molecule has 2 rings (SSSR count). The Balaban J connectivity index is 1.89. The lowest BCUT2D eigenvalue weighted by atomic mass is 10.2. The molecule has 22 heavy (non-hydrogen) atoms. The van der Waals surface area contributed by atoms with Crippen molar-refractivity contribution in [1.82, 2.24) is 5.32 Å². The fraction of sp³-hybridized carbons (Fsp3) is 0.235. The summed E-state index contributed by atoms with van der Waals surface area (Å²) in [4.78, 5) is 11.2. The van der Waals surface area contributed by atoms with E-state index in [1.54, 1.807) is 6.07 Å². The Kier molecular flexibility index (Phi) is 6.40. The molecule has 3 N–H and O–H groups in total. The van der Waals surface area contributed by atoms with Crippen LogP contribution in [0.4, 0.5) is 0 Å². The van der Waals surface area contributed by atoms with Gasteiger partial charge in [-0.15, -0.1) is 0 Å².